The van der Waals surface area contributed by atoms with Gasteiger partial charge in [0.1, 0.15) is 0 Å². The quantitative estimate of drug-likeness (QED) is 0.864. The highest BCUT2D eigenvalue weighted by molar-refractivity contribution is 7.18. The van der Waals surface area contributed by atoms with Crippen LogP contribution in [0.15, 0.2) is 0 Å². The third-order valence-corrected chi connectivity index (χ3v) is 6.67. The number of Topliss-reactive ketones (excluding diaryl/α,β-unsaturated/α-hetero) is 1. The monoisotopic (exact) mass is 290 g/mol. The number of hydrogen-bond acceptors (Lipinski definition) is 4. The van der Waals surface area contributed by atoms with E-state index in [2.05, 4.69) is 4.90 Å². The first kappa shape index (κ1) is 12.7. The molecule has 20 heavy (non-hydrogen) atoms. The molecule has 4 heteroatoms. The average molecular weight is 290 g/mol. The number of rotatable bonds is 3. The lowest BCUT2D eigenvalue weighted by molar-refractivity contribution is 0.102. The topological polar surface area (TPSA) is 46.3 Å². The SMILES string of the molecule is CC(=O)c1sc(N2CC3CCCC3C2)c(C2CC2)c1N. The van der Waals surface area contributed by atoms with E-state index in [4.69, 9.17) is 5.73 Å². The number of ketones is 1. The Kier molecular flexibility index (Phi) is 2.85. The Hall–Kier alpha value is -1.03. The number of thiophene rings is 1. The van der Waals surface area contributed by atoms with E-state index in [1.54, 1.807) is 18.3 Å². The van der Waals surface area contributed by atoms with Gasteiger partial charge in [-0.05, 0) is 43.4 Å². The molecule has 4 rings (SSSR count). The Morgan fingerprint density at radius 2 is 1.85 bits per heavy atom. The van der Waals surface area contributed by atoms with Gasteiger partial charge < -0.3 is 10.6 Å². The summed E-state index contributed by atoms with van der Waals surface area (Å²) in [6.07, 6.45) is 6.67. The van der Waals surface area contributed by atoms with E-state index in [9.17, 15) is 4.79 Å². The molecule has 1 aromatic rings. The standard InChI is InChI=1S/C16H22N2OS/c1-9(19)15-14(17)13(10-5-6-10)16(20-15)18-7-11-3-2-4-12(11)8-18/h10-12H,2-8,17H2,1H3. The zero-order valence-corrected chi connectivity index (χ0v) is 12.8. The minimum absolute atomic E-state index is 0.125. The lowest BCUT2D eigenvalue weighted by Gasteiger charge is -2.19. The molecule has 2 aliphatic carbocycles. The van der Waals surface area contributed by atoms with Gasteiger partial charge in [0.2, 0.25) is 0 Å². The predicted molar refractivity (Wildman–Crippen MR) is 83.8 cm³/mol. The average Bonchev–Trinajstić information content (AvgIpc) is 2.84. The molecule has 1 aliphatic heterocycles. The van der Waals surface area contributed by atoms with Crippen LogP contribution in [0.25, 0.3) is 0 Å². The van der Waals surface area contributed by atoms with Crippen LogP contribution in [0.2, 0.25) is 0 Å². The number of nitrogen functional groups attached to an aromatic ring is 1. The van der Waals surface area contributed by atoms with Crippen LogP contribution >= 0.6 is 11.3 Å². The third-order valence-electron chi connectivity index (χ3n) is 5.28. The summed E-state index contributed by atoms with van der Waals surface area (Å²) in [6.45, 7) is 4.00. The maximum atomic E-state index is 11.8. The van der Waals surface area contributed by atoms with Gasteiger partial charge in [-0.3, -0.25) is 4.79 Å². The van der Waals surface area contributed by atoms with Crippen molar-refractivity contribution in [2.45, 2.75) is 44.9 Å². The molecule has 0 amide bonds. The second kappa shape index (κ2) is 4.48. The number of hydrogen-bond donors (Lipinski definition) is 1. The molecule has 108 valence electrons. The molecule has 3 aliphatic rings. The second-order valence-corrected chi connectivity index (χ2v) is 7.75. The zero-order chi connectivity index (χ0) is 13.9. The second-order valence-electron chi connectivity index (χ2n) is 6.75. The van der Waals surface area contributed by atoms with E-state index in [1.165, 1.54) is 55.8 Å². The first-order valence-electron chi connectivity index (χ1n) is 7.83. The van der Waals surface area contributed by atoms with E-state index >= 15 is 0 Å². The molecule has 2 saturated carbocycles. The molecule has 2 unspecified atom stereocenters. The maximum Gasteiger partial charge on any atom is 0.171 e. The van der Waals surface area contributed by atoms with Crippen LogP contribution in [0.3, 0.4) is 0 Å². The Bertz CT molecular complexity index is 549. The van der Waals surface area contributed by atoms with Crippen LogP contribution in [-0.2, 0) is 0 Å². The molecule has 1 saturated heterocycles. The molecule has 1 aromatic heterocycles. The fourth-order valence-electron chi connectivity index (χ4n) is 4.11. The lowest BCUT2D eigenvalue weighted by Crippen LogP contribution is -2.20. The van der Waals surface area contributed by atoms with Crippen molar-refractivity contribution in [1.29, 1.82) is 0 Å². The fourth-order valence-corrected chi connectivity index (χ4v) is 5.33. The van der Waals surface area contributed by atoms with Crippen molar-refractivity contribution in [3.05, 3.63) is 10.4 Å². The highest BCUT2D eigenvalue weighted by Crippen LogP contribution is 2.53. The van der Waals surface area contributed by atoms with Gasteiger partial charge >= 0.3 is 0 Å². The number of nitrogens with two attached hydrogens (primary N) is 1. The summed E-state index contributed by atoms with van der Waals surface area (Å²) in [4.78, 5) is 15.1. The van der Waals surface area contributed by atoms with E-state index in [1.807, 2.05) is 0 Å². The van der Waals surface area contributed by atoms with Gasteiger partial charge in [0.25, 0.3) is 0 Å². The smallest absolute Gasteiger partial charge is 0.171 e. The number of carbonyl (C=O) groups excluding carboxylic acids is 1. The largest absolute Gasteiger partial charge is 0.397 e. The number of fused-ring (bicyclic) bond motifs is 1. The first-order chi connectivity index (χ1) is 9.65. The summed E-state index contributed by atoms with van der Waals surface area (Å²) in [6, 6.07) is 0. The third kappa shape index (κ3) is 1.88. The summed E-state index contributed by atoms with van der Waals surface area (Å²) in [5, 5.41) is 1.32. The molecule has 2 N–H and O–H groups in total. The minimum Gasteiger partial charge on any atom is -0.397 e. The van der Waals surface area contributed by atoms with Crippen molar-refractivity contribution in [1.82, 2.24) is 0 Å². The van der Waals surface area contributed by atoms with Gasteiger partial charge in [-0.15, -0.1) is 11.3 Å². The van der Waals surface area contributed by atoms with Gasteiger partial charge in [0.15, 0.2) is 5.78 Å². The Morgan fingerprint density at radius 1 is 1.20 bits per heavy atom. The van der Waals surface area contributed by atoms with Gasteiger partial charge in [0.05, 0.1) is 15.6 Å². The van der Waals surface area contributed by atoms with E-state index in [0.29, 0.717) is 5.92 Å². The summed E-state index contributed by atoms with van der Waals surface area (Å²) < 4.78 is 0. The zero-order valence-electron chi connectivity index (χ0n) is 12.0. The molecule has 2 atom stereocenters. The van der Waals surface area contributed by atoms with Gasteiger partial charge in [-0.1, -0.05) is 6.42 Å². The summed E-state index contributed by atoms with van der Waals surface area (Å²) in [7, 11) is 0. The van der Waals surface area contributed by atoms with Crippen molar-refractivity contribution in [2.24, 2.45) is 11.8 Å². The van der Waals surface area contributed by atoms with Gasteiger partial charge in [-0.25, -0.2) is 0 Å². The maximum absolute atomic E-state index is 11.8. The van der Waals surface area contributed by atoms with E-state index in [0.717, 1.165) is 22.4 Å². The van der Waals surface area contributed by atoms with Gasteiger partial charge in [-0.2, -0.15) is 0 Å². The van der Waals surface area contributed by atoms with Crippen LogP contribution in [0.4, 0.5) is 10.7 Å². The molecule has 0 radical (unpaired) electrons. The highest BCUT2D eigenvalue weighted by atomic mass is 32.1. The minimum atomic E-state index is 0.125. The molecule has 0 bridgehead atoms. The van der Waals surface area contributed by atoms with Crippen molar-refractivity contribution >= 4 is 27.8 Å². The van der Waals surface area contributed by atoms with Crippen LogP contribution in [0.5, 0.6) is 0 Å². The summed E-state index contributed by atoms with van der Waals surface area (Å²) >= 11 is 1.65. The van der Waals surface area contributed by atoms with Gasteiger partial charge in [0, 0.05) is 25.6 Å². The van der Waals surface area contributed by atoms with Crippen LogP contribution in [0, 0.1) is 11.8 Å². The van der Waals surface area contributed by atoms with E-state index < -0.39 is 0 Å². The lowest BCUT2D eigenvalue weighted by atomic mass is 10.0. The molecule has 0 spiro atoms. The fraction of sp³-hybridized carbons (Fsp3) is 0.688. The Labute approximate surface area is 124 Å². The van der Waals surface area contributed by atoms with Crippen molar-refractivity contribution in [2.75, 3.05) is 23.7 Å². The molecule has 3 nitrogen and oxygen atoms in total. The molecular formula is C16H22N2OS. The summed E-state index contributed by atoms with van der Waals surface area (Å²) in [5.41, 5.74) is 8.39. The van der Waals surface area contributed by atoms with Crippen molar-refractivity contribution < 1.29 is 4.79 Å². The Morgan fingerprint density at radius 3 is 2.40 bits per heavy atom. The molecule has 3 fully saturated rings. The van der Waals surface area contributed by atoms with Crippen LogP contribution < -0.4 is 10.6 Å². The number of carbonyl (C=O) groups is 1. The van der Waals surface area contributed by atoms with Crippen molar-refractivity contribution in [3.8, 4) is 0 Å². The Balaban J connectivity index is 1.70. The first-order valence-corrected chi connectivity index (χ1v) is 8.65. The van der Waals surface area contributed by atoms with E-state index in [-0.39, 0.29) is 5.78 Å². The number of nitrogens with zero attached hydrogens (tertiary/aromatic N) is 1. The molecular weight excluding hydrogens is 268 g/mol. The van der Waals surface area contributed by atoms with Crippen LogP contribution in [0.1, 0.15) is 60.2 Å². The summed E-state index contributed by atoms with van der Waals surface area (Å²) in [5.74, 6) is 2.51. The highest BCUT2D eigenvalue weighted by Gasteiger charge is 2.40. The molecule has 0 aromatic carbocycles. The normalized spacial score (nSPS) is 28.9. The predicted octanol–water partition coefficient (Wildman–Crippen LogP) is 3.65. The van der Waals surface area contributed by atoms with Crippen molar-refractivity contribution in [3.63, 3.8) is 0 Å². The number of anilines is 2. The van der Waals surface area contributed by atoms with Crippen LogP contribution in [-0.4, -0.2) is 18.9 Å². The molecule has 2 heterocycles.